The van der Waals surface area contributed by atoms with Crippen LogP contribution < -0.4 is 0 Å². The van der Waals surface area contributed by atoms with Crippen molar-refractivity contribution in [2.45, 2.75) is 33.0 Å². The molecule has 1 aromatic rings. The third-order valence-electron chi connectivity index (χ3n) is 2.95. The summed E-state index contributed by atoms with van der Waals surface area (Å²) < 4.78 is 10.4. The second-order valence-electron chi connectivity index (χ2n) is 4.29. The van der Waals surface area contributed by atoms with Crippen LogP contribution in [0.2, 0.25) is 0 Å². The van der Waals surface area contributed by atoms with Gasteiger partial charge in [0.25, 0.3) is 0 Å². The molecule has 0 aliphatic rings. The van der Waals surface area contributed by atoms with E-state index in [1.807, 2.05) is 0 Å². The molecule has 0 spiro atoms. The lowest BCUT2D eigenvalue weighted by Crippen LogP contribution is -2.13. The van der Waals surface area contributed by atoms with Gasteiger partial charge in [-0.05, 0) is 31.4 Å². The average molecular weight is 234 g/mol. The minimum absolute atomic E-state index is 0.136. The van der Waals surface area contributed by atoms with E-state index in [-0.39, 0.29) is 6.29 Å². The van der Waals surface area contributed by atoms with E-state index in [0.717, 1.165) is 12.8 Å². The fourth-order valence-corrected chi connectivity index (χ4v) is 1.73. The molecule has 0 N–H and O–H groups in total. The van der Waals surface area contributed by atoms with Crippen molar-refractivity contribution in [2.24, 2.45) is 0 Å². The molecule has 1 aromatic carbocycles. The standard InChI is InChI=1S/C15H22O2/c1-12(11-15(16-3)17-4)9-10-14-8-6-5-7-13(14)2/h5-9,15H,10-11H2,1-4H3/b12-9+. The van der Waals surface area contributed by atoms with E-state index in [2.05, 4.69) is 44.2 Å². The van der Waals surface area contributed by atoms with E-state index in [9.17, 15) is 0 Å². The molecule has 2 heteroatoms. The van der Waals surface area contributed by atoms with Crippen LogP contribution in [0.3, 0.4) is 0 Å². The largest absolute Gasteiger partial charge is 0.356 e. The summed E-state index contributed by atoms with van der Waals surface area (Å²) in [5.74, 6) is 0. The normalized spacial score (nSPS) is 12.2. The topological polar surface area (TPSA) is 18.5 Å². The molecule has 94 valence electrons. The van der Waals surface area contributed by atoms with Crippen LogP contribution in [0.4, 0.5) is 0 Å². The van der Waals surface area contributed by atoms with E-state index in [1.54, 1.807) is 14.2 Å². The summed E-state index contributed by atoms with van der Waals surface area (Å²) in [6.45, 7) is 4.26. The van der Waals surface area contributed by atoms with Crippen molar-refractivity contribution in [3.63, 3.8) is 0 Å². The Kier molecular flexibility index (Phi) is 5.95. The first kappa shape index (κ1) is 13.9. The molecule has 0 fully saturated rings. The number of hydrogen-bond donors (Lipinski definition) is 0. The zero-order valence-electron chi connectivity index (χ0n) is 11.2. The van der Waals surface area contributed by atoms with E-state index in [0.29, 0.717) is 0 Å². The van der Waals surface area contributed by atoms with Crippen molar-refractivity contribution in [3.8, 4) is 0 Å². The molecule has 0 aliphatic carbocycles. The number of rotatable bonds is 6. The maximum Gasteiger partial charge on any atom is 0.160 e. The SMILES string of the molecule is COC(C/C(C)=C/Cc1ccccc1C)OC. The molecule has 0 radical (unpaired) electrons. The second-order valence-corrected chi connectivity index (χ2v) is 4.29. The fraction of sp³-hybridized carbons (Fsp3) is 0.467. The molecule has 0 saturated heterocycles. The highest BCUT2D eigenvalue weighted by atomic mass is 16.7. The molecule has 0 heterocycles. The van der Waals surface area contributed by atoms with Gasteiger partial charge >= 0.3 is 0 Å². The van der Waals surface area contributed by atoms with Crippen LogP contribution in [0.15, 0.2) is 35.9 Å². The average Bonchev–Trinajstić information content (AvgIpc) is 2.35. The highest BCUT2D eigenvalue weighted by Crippen LogP contribution is 2.12. The molecule has 17 heavy (non-hydrogen) atoms. The van der Waals surface area contributed by atoms with Gasteiger partial charge in [-0.3, -0.25) is 0 Å². The Labute approximate surface area is 104 Å². The third-order valence-corrected chi connectivity index (χ3v) is 2.95. The van der Waals surface area contributed by atoms with Crippen LogP contribution in [0, 0.1) is 6.92 Å². The van der Waals surface area contributed by atoms with Crippen molar-refractivity contribution in [1.82, 2.24) is 0 Å². The van der Waals surface area contributed by atoms with Crippen molar-refractivity contribution in [2.75, 3.05) is 14.2 Å². The smallest absolute Gasteiger partial charge is 0.160 e. The minimum atomic E-state index is -0.136. The number of hydrogen-bond acceptors (Lipinski definition) is 2. The summed E-state index contributed by atoms with van der Waals surface area (Å²) in [6.07, 6.45) is 3.90. The van der Waals surface area contributed by atoms with Crippen LogP contribution in [0.1, 0.15) is 24.5 Å². The summed E-state index contributed by atoms with van der Waals surface area (Å²) in [5, 5.41) is 0. The molecule has 1 rings (SSSR count). The summed E-state index contributed by atoms with van der Waals surface area (Å²) in [4.78, 5) is 0. The first-order chi connectivity index (χ1) is 8.17. The maximum atomic E-state index is 5.18. The molecule has 0 aromatic heterocycles. The summed E-state index contributed by atoms with van der Waals surface area (Å²) in [7, 11) is 3.34. The second kappa shape index (κ2) is 7.25. The first-order valence-electron chi connectivity index (χ1n) is 5.93. The highest BCUT2D eigenvalue weighted by Gasteiger charge is 2.05. The molecule has 0 unspecified atom stereocenters. The van der Waals surface area contributed by atoms with Gasteiger partial charge in [0.2, 0.25) is 0 Å². The Morgan fingerprint density at radius 3 is 2.47 bits per heavy atom. The van der Waals surface area contributed by atoms with Crippen LogP contribution in [-0.4, -0.2) is 20.5 Å². The van der Waals surface area contributed by atoms with Gasteiger partial charge in [-0.2, -0.15) is 0 Å². The van der Waals surface area contributed by atoms with Crippen LogP contribution in [-0.2, 0) is 15.9 Å². The highest BCUT2D eigenvalue weighted by molar-refractivity contribution is 5.28. The van der Waals surface area contributed by atoms with E-state index >= 15 is 0 Å². The van der Waals surface area contributed by atoms with E-state index < -0.39 is 0 Å². The quantitative estimate of drug-likeness (QED) is 0.554. The number of benzene rings is 1. The van der Waals surface area contributed by atoms with E-state index in [1.165, 1.54) is 16.7 Å². The molecule has 0 amide bonds. The lowest BCUT2D eigenvalue weighted by atomic mass is 10.0. The van der Waals surface area contributed by atoms with Crippen LogP contribution >= 0.6 is 0 Å². The molecule has 0 saturated carbocycles. The van der Waals surface area contributed by atoms with Crippen LogP contribution in [0.5, 0.6) is 0 Å². The first-order valence-corrected chi connectivity index (χ1v) is 5.93. The Morgan fingerprint density at radius 2 is 1.88 bits per heavy atom. The molecule has 0 atom stereocenters. The summed E-state index contributed by atoms with van der Waals surface area (Å²) in [6, 6.07) is 8.47. The van der Waals surface area contributed by atoms with Crippen molar-refractivity contribution in [1.29, 1.82) is 0 Å². The maximum absolute atomic E-state index is 5.18. The molecular weight excluding hydrogens is 212 g/mol. The van der Waals surface area contributed by atoms with Crippen molar-refractivity contribution < 1.29 is 9.47 Å². The Morgan fingerprint density at radius 1 is 1.24 bits per heavy atom. The zero-order valence-corrected chi connectivity index (χ0v) is 11.2. The molecule has 0 aliphatic heterocycles. The number of ether oxygens (including phenoxy) is 2. The Balaban J connectivity index is 2.56. The predicted octanol–water partition coefficient (Wildman–Crippen LogP) is 3.49. The molecule has 2 nitrogen and oxygen atoms in total. The minimum Gasteiger partial charge on any atom is -0.356 e. The lowest BCUT2D eigenvalue weighted by Gasteiger charge is -2.13. The van der Waals surface area contributed by atoms with Gasteiger partial charge in [0.05, 0.1) is 0 Å². The van der Waals surface area contributed by atoms with E-state index in [4.69, 9.17) is 9.47 Å². The third kappa shape index (κ3) is 4.72. The number of aryl methyl sites for hydroxylation is 1. The van der Waals surface area contributed by atoms with Gasteiger partial charge in [0, 0.05) is 20.6 Å². The van der Waals surface area contributed by atoms with Gasteiger partial charge in [-0.25, -0.2) is 0 Å². The fourth-order valence-electron chi connectivity index (χ4n) is 1.73. The van der Waals surface area contributed by atoms with Crippen molar-refractivity contribution >= 4 is 0 Å². The van der Waals surface area contributed by atoms with Gasteiger partial charge in [-0.1, -0.05) is 35.9 Å². The Hall–Kier alpha value is -1.12. The summed E-state index contributed by atoms with van der Waals surface area (Å²) in [5.41, 5.74) is 4.01. The lowest BCUT2D eigenvalue weighted by molar-refractivity contribution is -0.100. The van der Waals surface area contributed by atoms with Gasteiger partial charge in [-0.15, -0.1) is 0 Å². The Bertz CT molecular complexity index is 365. The predicted molar refractivity (Wildman–Crippen MR) is 71.1 cm³/mol. The van der Waals surface area contributed by atoms with Gasteiger partial charge in [0.15, 0.2) is 6.29 Å². The van der Waals surface area contributed by atoms with Gasteiger partial charge in [0.1, 0.15) is 0 Å². The van der Waals surface area contributed by atoms with Crippen LogP contribution in [0.25, 0.3) is 0 Å². The molecular formula is C15H22O2. The number of allylic oxidation sites excluding steroid dienone is 1. The summed E-state index contributed by atoms with van der Waals surface area (Å²) >= 11 is 0. The van der Waals surface area contributed by atoms with Gasteiger partial charge < -0.3 is 9.47 Å². The number of methoxy groups -OCH3 is 2. The molecule has 0 bridgehead atoms. The monoisotopic (exact) mass is 234 g/mol. The zero-order chi connectivity index (χ0) is 12.7. The van der Waals surface area contributed by atoms with Crippen molar-refractivity contribution in [3.05, 3.63) is 47.0 Å².